The number of esters is 1. The molecule has 2 heterocycles. The molecule has 1 aliphatic carbocycles. The lowest BCUT2D eigenvalue weighted by Gasteiger charge is -2.30. The molecule has 3 N–H and O–H groups in total. The van der Waals surface area contributed by atoms with Gasteiger partial charge in [-0.25, -0.2) is 4.79 Å². The predicted molar refractivity (Wildman–Crippen MR) is 176 cm³/mol. The van der Waals surface area contributed by atoms with E-state index < -0.39 is 40.3 Å². The van der Waals surface area contributed by atoms with Gasteiger partial charge in [0.2, 0.25) is 17.7 Å². The van der Waals surface area contributed by atoms with E-state index in [1.54, 1.807) is 34.6 Å². The Morgan fingerprint density at radius 3 is 2.15 bits per heavy atom. The van der Waals surface area contributed by atoms with E-state index >= 15 is 0 Å². The second kappa shape index (κ2) is 12.5. The average molecular weight is 644 g/mol. The van der Waals surface area contributed by atoms with Crippen molar-refractivity contribution in [3.05, 3.63) is 83.2 Å². The van der Waals surface area contributed by atoms with Gasteiger partial charge in [-0.3, -0.25) is 9.59 Å². The van der Waals surface area contributed by atoms with Crippen LogP contribution in [-0.4, -0.2) is 44.4 Å². The Morgan fingerprint density at radius 2 is 1.51 bits per heavy atom. The molecule has 0 radical (unpaired) electrons. The first-order valence-electron chi connectivity index (χ1n) is 15.9. The number of aromatic amines is 1. The van der Waals surface area contributed by atoms with Crippen LogP contribution in [0.3, 0.4) is 0 Å². The van der Waals surface area contributed by atoms with E-state index in [0.29, 0.717) is 19.3 Å². The summed E-state index contributed by atoms with van der Waals surface area (Å²) in [4.78, 5) is 43.6. The lowest BCUT2D eigenvalue weighted by Crippen LogP contribution is -2.46. The number of carbonyl (C=O) groups excluding carboxylic acids is 3. The minimum absolute atomic E-state index is 0.0908. The number of alkyl carbamates (subject to hydrolysis) is 1. The van der Waals surface area contributed by atoms with Crippen molar-refractivity contribution in [3.8, 4) is 0 Å². The molecule has 1 aliphatic rings. The van der Waals surface area contributed by atoms with Crippen LogP contribution in [0.4, 0.5) is 4.79 Å². The molecule has 0 spiro atoms. The first kappa shape index (κ1) is 33.7. The largest absolute Gasteiger partial charge is 0.460 e. The molecule has 250 valence electrons. The summed E-state index contributed by atoms with van der Waals surface area (Å²) in [6.07, 6.45) is 2.28. The van der Waals surface area contributed by atoms with Crippen molar-refractivity contribution >= 4 is 28.9 Å². The fraction of sp³-hybridized carbons (Fsp3) is 0.472. The zero-order chi connectivity index (χ0) is 34.2. The molecule has 2 amide bonds. The van der Waals surface area contributed by atoms with Crippen molar-refractivity contribution in [1.29, 1.82) is 0 Å². The summed E-state index contributed by atoms with van der Waals surface area (Å²) in [6, 6.07) is 15.0. The van der Waals surface area contributed by atoms with Crippen molar-refractivity contribution in [2.75, 3.05) is 0 Å². The van der Waals surface area contributed by atoms with Gasteiger partial charge in [0.05, 0.1) is 11.8 Å². The van der Waals surface area contributed by atoms with Gasteiger partial charge < -0.3 is 29.5 Å². The molecule has 2 aromatic carbocycles. The number of aromatic nitrogens is 3. The second-order valence-electron chi connectivity index (χ2n) is 15.0. The van der Waals surface area contributed by atoms with E-state index in [0.717, 1.165) is 27.6 Å². The van der Waals surface area contributed by atoms with Crippen molar-refractivity contribution in [2.45, 2.75) is 104 Å². The highest BCUT2D eigenvalue weighted by Crippen LogP contribution is 2.41. The summed E-state index contributed by atoms with van der Waals surface area (Å²) >= 11 is 0. The van der Waals surface area contributed by atoms with Crippen LogP contribution in [0.15, 0.2) is 59.1 Å². The molecular weight excluding hydrogens is 598 g/mol. The average Bonchev–Trinajstić information content (AvgIpc) is 3.68. The van der Waals surface area contributed by atoms with Crippen LogP contribution in [0, 0.1) is 5.41 Å². The SMILES string of the molecule is CC(C)(C)OC(=O)CC1(C(=O)N[C@@H](Cc2c[nH]c3ccccc23)c2nnc(C(C)(C)NC(=O)OC(C)(C)C)o2)Cc2ccccc2C1. The van der Waals surface area contributed by atoms with E-state index in [1.807, 2.05) is 75.5 Å². The van der Waals surface area contributed by atoms with Gasteiger partial charge in [0.25, 0.3) is 0 Å². The number of carbonyl (C=O) groups is 3. The van der Waals surface area contributed by atoms with E-state index in [2.05, 4.69) is 25.8 Å². The van der Waals surface area contributed by atoms with Crippen molar-refractivity contribution in [1.82, 2.24) is 25.8 Å². The molecule has 0 saturated heterocycles. The molecule has 4 aromatic rings. The number of H-pyrrole nitrogens is 1. The summed E-state index contributed by atoms with van der Waals surface area (Å²) < 4.78 is 17.3. The van der Waals surface area contributed by atoms with Crippen molar-refractivity contribution in [3.63, 3.8) is 0 Å². The van der Waals surface area contributed by atoms with Crippen molar-refractivity contribution < 1.29 is 28.3 Å². The Labute approximate surface area is 275 Å². The Morgan fingerprint density at radius 1 is 0.894 bits per heavy atom. The number of hydrogen-bond donors (Lipinski definition) is 3. The summed E-state index contributed by atoms with van der Waals surface area (Å²) in [5, 5.41) is 15.6. The third kappa shape index (κ3) is 8.01. The number of hydrogen-bond acceptors (Lipinski definition) is 8. The number of amides is 2. The molecule has 0 bridgehead atoms. The number of rotatable bonds is 9. The van der Waals surface area contributed by atoms with Gasteiger partial charge in [0.1, 0.15) is 22.8 Å². The summed E-state index contributed by atoms with van der Waals surface area (Å²) in [5.74, 6) is -0.437. The minimum Gasteiger partial charge on any atom is -0.460 e. The van der Waals surface area contributed by atoms with Crippen LogP contribution in [0.25, 0.3) is 10.9 Å². The highest BCUT2D eigenvalue weighted by atomic mass is 16.6. The number of nitrogens with zero attached hydrogens (tertiary/aromatic N) is 2. The smallest absolute Gasteiger partial charge is 0.408 e. The summed E-state index contributed by atoms with van der Waals surface area (Å²) in [6.45, 7) is 14.2. The number of ether oxygens (including phenoxy) is 2. The maximum atomic E-state index is 14.5. The Hall–Kier alpha value is -4.67. The molecule has 1 atom stereocenters. The monoisotopic (exact) mass is 643 g/mol. The molecule has 11 nitrogen and oxygen atoms in total. The van der Waals surface area contributed by atoms with Gasteiger partial charge in [-0.15, -0.1) is 10.2 Å². The van der Waals surface area contributed by atoms with E-state index in [4.69, 9.17) is 13.9 Å². The molecule has 2 aromatic heterocycles. The first-order chi connectivity index (χ1) is 21.9. The highest BCUT2D eigenvalue weighted by molar-refractivity contribution is 5.89. The molecule has 0 unspecified atom stereocenters. The molecule has 11 heteroatoms. The van der Waals surface area contributed by atoms with Crippen LogP contribution in [0.5, 0.6) is 0 Å². The molecule has 0 saturated carbocycles. The lowest BCUT2D eigenvalue weighted by atomic mass is 9.80. The molecule has 0 aliphatic heterocycles. The second-order valence-corrected chi connectivity index (χ2v) is 15.0. The van der Waals surface area contributed by atoms with Crippen molar-refractivity contribution in [2.24, 2.45) is 5.41 Å². The predicted octanol–water partition coefficient (Wildman–Crippen LogP) is 6.23. The number of benzene rings is 2. The first-order valence-corrected chi connectivity index (χ1v) is 15.9. The van der Waals surface area contributed by atoms with Crippen LogP contribution >= 0.6 is 0 Å². The Kier molecular flexibility index (Phi) is 8.96. The molecule has 0 fully saturated rings. The van der Waals surface area contributed by atoms with Gasteiger partial charge in [-0.05, 0) is 91.0 Å². The van der Waals surface area contributed by atoms with Crippen LogP contribution in [-0.2, 0) is 43.9 Å². The number of para-hydroxylation sites is 1. The van der Waals surface area contributed by atoms with E-state index in [1.165, 1.54) is 0 Å². The third-order valence-electron chi connectivity index (χ3n) is 8.05. The van der Waals surface area contributed by atoms with Gasteiger partial charge in [-0.1, -0.05) is 42.5 Å². The lowest BCUT2D eigenvalue weighted by molar-refractivity contribution is -0.160. The fourth-order valence-electron chi connectivity index (χ4n) is 5.99. The highest BCUT2D eigenvalue weighted by Gasteiger charge is 2.47. The maximum absolute atomic E-state index is 14.5. The molecule has 47 heavy (non-hydrogen) atoms. The van der Waals surface area contributed by atoms with Crippen LogP contribution in [0.1, 0.15) is 96.3 Å². The molecular formula is C36H45N5O6. The van der Waals surface area contributed by atoms with Gasteiger partial charge >= 0.3 is 12.1 Å². The Bertz CT molecular complexity index is 1750. The third-order valence-corrected chi connectivity index (χ3v) is 8.05. The number of fused-ring (bicyclic) bond motifs is 2. The van der Waals surface area contributed by atoms with E-state index in [-0.39, 0.29) is 24.1 Å². The normalized spacial score (nSPS) is 15.1. The standard InChI is InChI=1S/C36H45N5O6/c1-33(2,3)46-28(42)20-36(18-22-13-9-10-14-23(22)19-36)30(43)38-27(17-24-21-37-26-16-12-11-15-25(24)26)29-40-41-31(45-29)35(7,8)39-32(44)47-34(4,5)6/h9-16,21,27,37H,17-20H2,1-8H3,(H,38,43)(H,39,44)/t27-/m0/s1. The van der Waals surface area contributed by atoms with Crippen LogP contribution < -0.4 is 10.6 Å². The van der Waals surface area contributed by atoms with Gasteiger partial charge in [0, 0.05) is 23.5 Å². The number of nitrogens with one attached hydrogen (secondary N) is 3. The quantitative estimate of drug-likeness (QED) is 0.182. The van der Waals surface area contributed by atoms with Crippen LogP contribution in [0.2, 0.25) is 0 Å². The molecule has 5 rings (SSSR count). The van der Waals surface area contributed by atoms with E-state index in [9.17, 15) is 14.4 Å². The van der Waals surface area contributed by atoms with Gasteiger partial charge in [0.15, 0.2) is 0 Å². The fourth-order valence-corrected chi connectivity index (χ4v) is 5.99. The minimum atomic E-state index is -1.08. The maximum Gasteiger partial charge on any atom is 0.408 e. The zero-order valence-corrected chi connectivity index (χ0v) is 28.4. The summed E-state index contributed by atoms with van der Waals surface area (Å²) in [7, 11) is 0. The van der Waals surface area contributed by atoms with Gasteiger partial charge in [-0.2, -0.15) is 0 Å². The zero-order valence-electron chi connectivity index (χ0n) is 28.4. The Balaban J connectivity index is 1.47. The summed E-state index contributed by atoms with van der Waals surface area (Å²) in [5.41, 5.74) is 0.395. The topological polar surface area (TPSA) is 148 Å².